The van der Waals surface area contributed by atoms with Gasteiger partial charge in [0.1, 0.15) is 4.90 Å². The lowest BCUT2D eigenvalue weighted by Gasteiger charge is -2.14. The summed E-state index contributed by atoms with van der Waals surface area (Å²) in [6.45, 7) is 1.02. The van der Waals surface area contributed by atoms with Crippen molar-refractivity contribution in [1.29, 1.82) is 0 Å². The van der Waals surface area contributed by atoms with Crippen LogP contribution in [0.4, 0.5) is 0 Å². The van der Waals surface area contributed by atoms with E-state index in [0.29, 0.717) is 13.1 Å². The second-order valence-electron chi connectivity index (χ2n) is 3.48. The van der Waals surface area contributed by atoms with Gasteiger partial charge in [0.25, 0.3) is 0 Å². The predicted molar refractivity (Wildman–Crippen MR) is 55.1 cm³/mol. The van der Waals surface area contributed by atoms with Gasteiger partial charge >= 0.3 is 0 Å². The van der Waals surface area contributed by atoms with Crippen molar-refractivity contribution in [3.05, 3.63) is 28.7 Å². The Kier molecular flexibility index (Phi) is 2.62. The molecule has 1 saturated heterocycles. The molecule has 1 aliphatic rings. The molecule has 0 unspecified atom stereocenters. The Morgan fingerprint density at radius 3 is 2.53 bits per heavy atom. The molecule has 0 atom stereocenters. The Hall–Kier alpha value is -1.14. The van der Waals surface area contributed by atoms with E-state index in [1.165, 1.54) is 22.8 Å². The monoisotopic (exact) mass is 228 g/mol. The molecule has 1 aliphatic heterocycles. The van der Waals surface area contributed by atoms with E-state index in [0.717, 1.165) is 12.8 Å². The van der Waals surface area contributed by atoms with Gasteiger partial charge in [-0.3, -0.25) is 4.79 Å². The third kappa shape index (κ3) is 1.82. The van der Waals surface area contributed by atoms with Crippen molar-refractivity contribution in [3.8, 4) is 0 Å². The summed E-state index contributed by atoms with van der Waals surface area (Å²) in [6.07, 6.45) is 4.40. The lowest BCUT2D eigenvalue weighted by atomic mass is 10.4. The zero-order valence-corrected chi connectivity index (χ0v) is 8.96. The zero-order valence-electron chi connectivity index (χ0n) is 8.14. The topological polar surface area (TPSA) is 70.2 Å². The standard InChI is InChI=1S/C9H12N2O3S/c12-8-3-4-10-7-9(8)15(13,14)11-5-1-2-6-11/h3-4,7H,1-2,5-6H2,(H,10,12). The highest BCUT2D eigenvalue weighted by Gasteiger charge is 2.28. The molecule has 1 aromatic heterocycles. The minimum Gasteiger partial charge on any atom is -0.366 e. The van der Waals surface area contributed by atoms with Gasteiger partial charge in [0.05, 0.1) is 0 Å². The van der Waals surface area contributed by atoms with Crippen LogP contribution in [0.25, 0.3) is 0 Å². The van der Waals surface area contributed by atoms with Gasteiger partial charge in [-0.2, -0.15) is 4.31 Å². The number of nitrogens with one attached hydrogen (secondary N) is 1. The smallest absolute Gasteiger partial charge is 0.248 e. The van der Waals surface area contributed by atoms with Crippen molar-refractivity contribution in [1.82, 2.24) is 9.29 Å². The number of hydrogen-bond donors (Lipinski definition) is 1. The molecular formula is C9H12N2O3S. The Labute approximate surface area is 87.8 Å². The van der Waals surface area contributed by atoms with Gasteiger partial charge in [-0.25, -0.2) is 8.42 Å². The molecule has 0 aromatic carbocycles. The molecule has 0 spiro atoms. The highest BCUT2D eigenvalue weighted by molar-refractivity contribution is 7.89. The number of pyridine rings is 1. The molecular weight excluding hydrogens is 216 g/mol. The third-order valence-corrected chi connectivity index (χ3v) is 4.39. The number of hydrogen-bond acceptors (Lipinski definition) is 3. The van der Waals surface area contributed by atoms with E-state index >= 15 is 0 Å². The van der Waals surface area contributed by atoms with E-state index in [2.05, 4.69) is 4.98 Å². The van der Waals surface area contributed by atoms with Crippen LogP contribution in [-0.2, 0) is 10.0 Å². The van der Waals surface area contributed by atoms with E-state index in [-0.39, 0.29) is 4.90 Å². The van der Waals surface area contributed by atoms with Crippen LogP contribution < -0.4 is 5.43 Å². The molecule has 0 radical (unpaired) electrons. The van der Waals surface area contributed by atoms with Crippen molar-refractivity contribution < 1.29 is 8.42 Å². The number of H-pyrrole nitrogens is 1. The van der Waals surface area contributed by atoms with Gasteiger partial charge in [0.2, 0.25) is 15.5 Å². The average molecular weight is 228 g/mol. The second-order valence-corrected chi connectivity index (χ2v) is 5.39. The van der Waals surface area contributed by atoms with Crippen molar-refractivity contribution >= 4 is 10.0 Å². The first-order chi connectivity index (χ1) is 7.12. The van der Waals surface area contributed by atoms with Crippen LogP contribution in [0.3, 0.4) is 0 Å². The first-order valence-electron chi connectivity index (χ1n) is 4.79. The van der Waals surface area contributed by atoms with E-state index in [1.807, 2.05) is 0 Å². The minimum atomic E-state index is -3.58. The Balaban J connectivity index is 2.46. The Morgan fingerprint density at radius 2 is 1.93 bits per heavy atom. The molecule has 2 heterocycles. The SMILES string of the molecule is O=c1cc[nH]cc1S(=O)(=O)N1CCCC1. The largest absolute Gasteiger partial charge is 0.366 e. The summed E-state index contributed by atoms with van der Waals surface area (Å²) in [5, 5.41) is 0. The number of rotatable bonds is 2. The highest BCUT2D eigenvalue weighted by atomic mass is 32.2. The van der Waals surface area contributed by atoms with Gasteiger partial charge in [-0.15, -0.1) is 0 Å². The molecule has 0 bridgehead atoms. The maximum atomic E-state index is 12.0. The van der Waals surface area contributed by atoms with Crippen molar-refractivity contribution in [2.24, 2.45) is 0 Å². The lowest BCUT2D eigenvalue weighted by Crippen LogP contribution is -2.31. The van der Waals surface area contributed by atoms with Crippen LogP contribution in [0.1, 0.15) is 12.8 Å². The molecule has 6 heteroatoms. The molecule has 2 rings (SSSR count). The maximum Gasteiger partial charge on any atom is 0.248 e. The van der Waals surface area contributed by atoms with Gasteiger partial charge in [-0.1, -0.05) is 0 Å². The fourth-order valence-corrected chi connectivity index (χ4v) is 3.23. The van der Waals surface area contributed by atoms with Crippen molar-refractivity contribution in [3.63, 3.8) is 0 Å². The molecule has 1 fully saturated rings. The van der Waals surface area contributed by atoms with Gasteiger partial charge in [0, 0.05) is 31.5 Å². The fourth-order valence-electron chi connectivity index (χ4n) is 1.67. The Morgan fingerprint density at radius 1 is 1.27 bits per heavy atom. The summed E-state index contributed by atoms with van der Waals surface area (Å²) in [5.74, 6) is 0. The fraction of sp³-hybridized carbons (Fsp3) is 0.444. The van der Waals surface area contributed by atoms with E-state index < -0.39 is 15.5 Å². The molecule has 0 saturated carbocycles. The number of aromatic amines is 1. The molecule has 5 nitrogen and oxygen atoms in total. The third-order valence-electron chi connectivity index (χ3n) is 2.47. The quantitative estimate of drug-likeness (QED) is 0.783. The van der Waals surface area contributed by atoms with E-state index in [9.17, 15) is 13.2 Å². The summed E-state index contributed by atoms with van der Waals surface area (Å²) < 4.78 is 25.3. The molecule has 1 aromatic rings. The first kappa shape index (κ1) is 10.4. The lowest BCUT2D eigenvalue weighted by molar-refractivity contribution is 0.476. The van der Waals surface area contributed by atoms with Gasteiger partial charge < -0.3 is 4.98 Å². The van der Waals surface area contributed by atoms with Crippen LogP contribution >= 0.6 is 0 Å². The molecule has 1 N–H and O–H groups in total. The predicted octanol–water partition coefficient (Wildman–Crippen LogP) is 0.159. The van der Waals surface area contributed by atoms with Crippen molar-refractivity contribution in [2.75, 3.05) is 13.1 Å². The maximum absolute atomic E-state index is 12.0. The summed E-state index contributed by atoms with van der Waals surface area (Å²) in [4.78, 5) is 13.9. The van der Waals surface area contributed by atoms with Crippen molar-refractivity contribution in [2.45, 2.75) is 17.7 Å². The van der Waals surface area contributed by atoms with Crippen LogP contribution in [0, 0.1) is 0 Å². The summed E-state index contributed by atoms with van der Waals surface area (Å²) in [5.41, 5.74) is -0.458. The van der Waals surface area contributed by atoms with E-state index in [1.54, 1.807) is 0 Å². The molecule has 0 aliphatic carbocycles. The van der Waals surface area contributed by atoms with E-state index in [4.69, 9.17) is 0 Å². The van der Waals surface area contributed by atoms with Crippen LogP contribution in [0.2, 0.25) is 0 Å². The van der Waals surface area contributed by atoms with Crippen LogP contribution in [-0.4, -0.2) is 30.8 Å². The highest BCUT2D eigenvalue weighted by Crippen LogP contribution is 2.17. The molecule has 82 valence electrons. The van der Waals surface area contributed by atoms with Crippen LogP contribution in [0.15, 0.2) is 28.2 Å². The second kappa shape index (κ2) is 3.79. The molecule has 15 heavy (non-hydrogen) atoms. The van der Waals surface area contributed by atoms with Gasteiger partial charge in [-0.05, 0) is 12.8 Å². The van der Waals surface area contributed by atoms with Crippen LogP contribution in [0.5, 0.6) is 0 Å². The summed E-state index contributed by atoms with van der Waals surface area (Å²) in [7, 11) is -3.58. The number of aromatic nitrogens is 1. The normalized spacial score (nSPS) is 18.1. The minimum absolute atomic E-state index is 0.160. The number of sulfonamides is 1. The molecule has 0 amide bonds. The average Bonchev–Trinajstić information content (AvgIpc) is 2.71. The summed E-state index contributed by atoms with van der Waals surface area (Å²) in [6, 6.07) is 1.23. The first-order valence-corrected chi connectivity index (χ1v) is 6.23. The summed E-state index contributed by atoms with van der Waals surface area (Å²) >= 11 is 0. The number of nitrogens with zero attached hydrogens (tertiary/aromatic N) is 1. The zero-order chi connectivity index (χ0) is 10.9. The Bertz CT molecular complexity index is 500. The van der Waals surface area contributed by atoms with Gasteiger partial charge in [0.15, 0.2) is 0 Å².